The fraction of sp³-hybridized carbons (Fsp3) is 0.333. The van der Waals surface area contributed by atoms with Gasteiger partial charge in [0.2, 0.25) is 0 Å². The molecule has 0 spiro atoms. The van der Waals surface area contributed by atoms with E-state index in [0.29, 0.717) is 6.04 Å². The van der Waals surface area contributed by atoms with E-state index in [1.165, 1.54) is 10.6 Å². The minimum Gasteiger partial charge on any atom is -0.366 e. The molecule has 2 rings (SSSR count). The fourth-order valence-corrected chi connectivity index (χ4v) is 3.52. The molecule has 0 saturated heterocycles. The molecule has 2 N–H and O–H groups in total. The molecule has 1 heterocycles. The predicted molar refractivity (Wildman–Crippen MR) is 87.9 cm³/mol. The number of benzene rings is 1. The second kappa shape index (κ2) is 6.07. The van der Waals surface area contributed by atoms with Crippen LogP contribution in [0.15, 0.2) is 40.2 Å². The summed E-state index contributed by atoms with van der Waals surface area (Å²) in [6.45, 7) is 4.22. The third-order valence-corrected chi connectivity index (χ3v) is 5.09. The molecule has 0 aliphatic carbocycles. The maximum Gasteiger partial charge on any atom is 0.0604 e. The van der Waals surface area contributed by atoms with Crippen LogP contribution in [-0.2, 0) is 0 Å². The lowest BCUT2D eigenvalue weighted by atomic mass is 10.1. The Bertz CT molecular complexity index is 537. The van der Waals surface area contributed by atoms with Crippen LogP contribution in [-0.4, -0.2) is 7.05 Å². The smallest absolute Gasteiger partial charge is 0.0604 e. The van der Waals surface area contributed by atoms with E-state index in [-0.39, 0.29) is 6.04 Å². The summed E-state index contributed by atoms with van der Waals surface area (Å²) in [5.41, 5.74) is 8.24. The first kappa shape index (κ1) is 14.6. The van der Waals surface area contributed by atoms with E-state index >= 15 is 0 Å². The van der Waals surface area contributed by atoms with Crippen LogP contribution >= 0.6 is 27.3 Å². The molecule has 102 valence electrons. The number of nitrogens with zero attached hydrogens (tertiary/aromatic N) is 1. The van der Waals surface area contributed by atoms with Crippen molar-refractivity contribution in [2.75, 3.05) is 11.9 Å². The maximum atomic E-state index is 5.91. The summed E-state index contributed by atoms with van der Waals surface area (Å²) in [6.07, 6.45) is 0. The minimum atomic E-state index is 0.0605. The molecule has 0 radical (unpaired) electrons. The molecule has 19 heavy (non-hydrogen) atoms. The molecule has 2 aromatic rings. The van der Waals surface area contributed by atoms with Crippen molar-refractivity contribution >= 4 is 33.0 Å². The summed E-state index contributed by atoms with van der Waals surface area (Å²) in [6, 6.07) is 11.0. The molecular weight excluding hydrogens is 320 g/mol. The molecule has 2 nitrogen and oxygen atoms in total. The van der Waals surface area contributed by atoms with Gasteiger partial charge in [-0.25, -0.2) is 0 Å². The van der Waals surface area contributed by atoms with Gasteiger partial charge < -0.3 is 10.6 Å². The van der Waals surface area contributed by atoms with Crippen LogP contribution in [0, 0.1) is 0 Å². The standard InChI is InChI=1S/C15H19BrN2S/c1-10(17)12-6-7-14(13(16)9-12)18(3)11(2)15-5-4-8-19-15/h4-11H,17H2,1-3H3/t10-,11?/m0/s1. The van der Waals surface area contributed by atoms with Crippen molar-refractivity contribution in [2.24, 2.45) is 5.73 Å². The number of thiophene rings is 1. The zero-order valence-corrected chi connectivity index (χ0v) is 13.8. The summed E-state index contributed by atoms with van der Waals surface area (Å²) in [4.78, 5) is 3.65. The number of halogens is 1. The topological polar surface area (TPSA) is 29.3 Å². The Morgan fingerprint density at radius 1 is 1.26 bits per heavy atom. The molecule has 0 aliphatic rings. The zero-order chi connectivity index (χ0) is 14.0. The summed E-state index contributed by atoms with van der Waals surface area (Å²) >= 11 is 5.44. The van der Waals surface area contributed by atoms with Crippen molar-refractivity contribution in [3.05, 3.63) is 50.6 Å². The second-order valence-electron chi connectivity index (χ2n) is 4.80. The van der Waals surface area contributed by atoms with Gasteiger partial charge in [0.15, 0.2) is 0 Å². The fourth-order valence-electron chi connectivity index (χ4n) is 2.02. The molecule has 1 aromatic carbocycles. The highest BCUT2D eigenvalue weighted by Gasteiger charge is 2.16. The number of anilines is 1. The van der Waals surface area contributed by atoms with E-state index in [2.05, 4.69) is 70.5 Å². The molecule has 1 unspecified atom stereocenters. The lowest BCUT2D eigenvalue weighted by molar-refractivity contribution is 0.750. The van der Waals surface area contributed by atoms with Gasteiger partial charge in [-0.15, -0.1) is 11.3 Å². The van der Waals surface area contributed by atoms with E-state index in [9.17, 15) is 0 Å². The normalized spacial score (nSPS) is 14.2. The van der Waals surface area contributed by atoms with Crippen LogP contribution in [0.5, 0.6) is 0 Å². The van der Waals surface area contributed by atoms with Gasteiger partial charge in [0.25, 0.3) is 0 Å². The van der Waals surface area contributed by atoms with Gasteiger partial charge in [-0.3, -0.25) is 0 Å². The Morgan fingerprint density at radius 2 is 2.00 bits per heavy atom. The van der Waals surface area contributed by atoms with E-state index in [1.807, 2.05) is 6.92 Å². The number of hydrogen-bond donors (Lipinski definition) is 1. The van der Waals surface area contributed by atoms with Crippen molar-refractivity contribution < 1.29 is 0 Å². The highest BCUT2D eigenvalue weighted by atomic mass is 79.9. The van der Waals surface area contributed by atoms with Crippen molar-refractivity contribution in [1.29, 1.82) is 0 Å². The third-order valence-electron chi connectivity index (χ3n) is 3.41. The lowest BCUT2D eigenvalue weighted by Gasteiger charge is -2.27. The Kier molecular flexibility index (Phi) is 4.66. The molecule has 4 heteroatoms. The highest BCUT2D eigenvalue weighted by molar-refractivity contribution is 9.10. The Morgan fingerprint density at radius 3 is 2.53 bits per heavy atom. The molecule has 0 fully saturated rings. The molecule has 0 bridgehead atoms. The van der Waals surface area contributed by atoms with E-state index in [4.69, 9.17) is 5.73 Å². The molecule has 0 aliphatic heterocycles. The first-order valence-electron chi connectivity index (χ1n) is 6.32. The molecule has 0 saturated carbocycles. The summed E-state index contributed by atoms with van der Waals surface area (Å²) in [7, 11) is 2.12. The van der Waals surface area contributed by atoms with Gasteiger partial charge in [0.1, 0.15) is 0 Å². The van der Waals surface area contributed by atoms with Gasteiger partial charge in [-0.1, -0.05) is 12.1 Å². The summed E-state index contributed by atoms with van der Waals surface area (Å²) in [5.74, 6) is 0. The molecule has 0 amide bonds. The van der Waals surface area contributed by atoms with Gasteiger partial charge >= 0.3 is 0 Å². The first-order chi connectivity index (χ1) is 9.00. The quantitative estimate of drug-likeness (QED) is 0.873. The monoisotopic (exact) mass is 338 g/mol. The Labute approximate surface area is 127 Å². The average Bonchev–Trinajstić information content (AvgIpc) is 2.90. The van der Waals surface area contributed by atoms with Crippen LogP contribution in [0.1, 0.15) is 36.4 Å². The van der Waals surface area contributed by atoms with Crippen LogP contribution in [0.3, 0.4) is 0 Å². The number of rotatable bonds is 4. The van der Waals surface area contributed by atoms with Crippen molar-refractivity contribution in [1.82, 2.24) is 0 Å². The number of nitrogens with two attached hydrogens (primary N) is 1. The zero-order valence-electron chi connectivity index (χ0n) is 11.4. The molecule has 2 atom stereocenters. The van der Waals surface area contributed by atoms with Gasteiger partial charge in [0, 0.05) is 22.4 Å². The molecule has 1 aromatic heterocycles. The molecular formula is C15H19BrN2S. The Balaban J connectivity index is 2.26. The van der Waals surface area contributed by atoms with Crippen molar-refractivity contribution in [3.63, 3.8) is 0 Å². The largest absolute Gasteiger partial charge is 0.366 e. The van der Waals surface area contributed by atoms with Crippen molar-refractivity contribution in [3.8, 4) is 0 Å². The van der Waals surface area contributed by atoms with E-state index in [1.54, 1.807) is 11.3 Å². The number of hydrogen-bond acceptors (Lipinski definition) is 3. The summed E-state index contributed by atoms with van der Waals surface area (Å²) in [5, 5.41) is 2.12. The average molecular weight is 339 g/mol. The first-order valence-corrected chi connectivity index (χ1v) is 7.99. The van der Waals surface area contributed by atoms with Crippen LogP contribution in [0.4, 0.5) is 5.69 Å². The minimum absolute atomic E-state index is 0.0605. The lowest BCUT2D eigenvalue weighted by Crippen LogP contribution is -2.21. The predicted octanol–water partition coefficient (Wildman–Crippen LogP) is 4.73. The summed E-state index contributed by atoms with van der Waals surface area (Å²) < 4.78 is 1.09. The van der Waals surface area contributed by atoms with E-state index < -0.39 is 0 Å². The van der Waals surface area contributed by atoms with Gasteiger partial charge in [0.05, 0.1) is 11.7 Å². The third kappa shape index (κ3) is 3.19. The second-order valence-corrected chi connectivity index (χ2v) is 6.64. The van der Waals surface area contributed by atoms with Gasteiger partial charge in [-0.2, -0.15) is 0 Å². The van der Waals surface area contributed by atoms with E-state index in [0.717, 1.165) is 10.0 Å². The van der Waals surface area contributed by atoms with Crippen LogP contribution in [0.2, 0.25) is 0 Å². The Hall–Kier alpha value is -0.840. The highest BCUT2D eigenvalue weighted by Crippen LogP contribution is 2.34. The maximum absolute atomic E-state index is 5.91. The van der Waals surface area contributed by atoms with Crippen LogP contribution in [0.25, 0.3) is 0 Å². The van der Waals surface area contributed by atoms with Gasteiger partial charge in [-0.05, 0) is 58.9 Å². The van der Waals surface area contributed by atoms with Crippen molar-refractivity contribution in [2.45, 2.75) is 25.9 Å². The van der Waals surface area contributed by atoms with Crippen LogP contribution < -0.4 is 10.6 Å². The SMILES string of the molecule is CC(c1cccs1)N(C)c1ccc([C@H](C)N)cc1Br.